The number of para-hydroxylation sites is 2. The number of benzene rings is 1. The lowest BCUT2D eigenvalue weighted by atomic mass is 9.97. The second kappa shape index (κ2) is 7.58. The number of hydrogen-bond acceptors (Lipinski definition) is 5. The highest BCUT2D eigenvalue weighted by Crippen LogP contribution is 2.26. The lowest BCUT2D eigenvalue weighted by molar-refractivity contribution is -0.385. The Hall–Kier alpha value is -2.15. The molecule has 1 unspecified atom stereocenters. The number of hydrogen-bond donors (Lipinski definition) is 2. The van der Waals surface area contributed by atoms with Crippen LogP contribution in [0.25, 0.3) is 0 Å². The van der Waals surface area contributed by atoms with Crippen LogP contribution in [-0.2, 0) is 4.79 Å². The van der Waals surface area contributed by atoms with E-state index in [1.54, 1.807) is 19.1 Å². The molecule has 1 rings (SSSR count). The zero-order valence-corrected chi connectivity index (χ0v) is 12.3. The van der Waals surface area contributed by atoms with Gasteiger partial charge in [0.05, 0.1) is 17.1 Å². The van der Waals surface area contributed by atoms with Gasteiger partial charge in [0, 0.05) is 12.5 Å². The lowest BCUT2D eigenvalue weighted by Crippen LogP contribution is -2.54. The number of ether oxygens (including phenoxy) is 1. The summed E-state index contributed by atoms with van der Waals surface area (Å²) in [7, 11) is 0. The molecule has 0 aliphatic heterocycles. The van der Waals surface area contributed by atoms with Crippen LogP contribution in [0.4, 0.5) is 5.69 Å². The summed E-state index contributed by atoms with van der Waals surface area (Å²) in [4.78, 5) is 21.9. The summed E-state index contributed by atoms with van der Waals surface area (Å²) in [5.74, 6) is -0.285. The lowest BCUT2D eigenvalue weighted by Gasteiger charge is -2.27. The van der Waals surface area contributed by atoms with Crippen molar-refractivity contribution in [3.05, 3.63) is 34.4 Å². The number of nitrogens with two attached hydrogens (primary N) is 1. The highest BCUT2D eigenvalue weighted by atomic mass is 16.6. The standard InChI is InChI=1S/C14H21N3O4/c1-3-9-16-14(2,13(15)18)8-10-21-12-7-5-4-6-11(12)17(19)20/h4-7,16H,3,8-10H2,1-2H3,(H2,15,18). The van der Waals surface area contributed by atoms with Crippen LogP contribution >= 0.6 is 0 Å². The van der Waals surface area contributed by atoms with E-state index in [0.717, 1.165) is 6.42 Å². The Balaban J connectivity index is 2.67. The van der Waals surface area contributed by atoms with Crippen molar-refractivity contribution in [2.75, 3.05) is 13.2 Å². The van der Waals surface area contributed by atoms with Crippen molar-refractivity contribution < 1.29 is 14.5 Å². The fraction of sp³-hybridized carbons (Fsp3) is 0.500. The van der Waals surface area contributed by atoms with Gasteiger partial charge in [-0.3, -0.25) is 14.9 Å². The molecule has 0 aliphatic rings. The van der Waals surface area contributed by atoms with Crippen molar-refractivity contribution >= 4 is 11.6 Å². The van der Waals surface area contributed by atoms with Crippen molar-refractivity contribution in [2.45, 2.75) is 32.2 Å². The first-order valence-corrected chi connectivity index (χ1v) is 6.82. The number of carbonyl (C=O) groups is 1. The smallest absolute Gasteiger partial charge is 0.310 e. The molecule has 1 amide bonds. The number of amides is 1. The summed E-state index contributed by atoms with van der Waals surface area (Å²) in [5, 5.41) is 14.0. The molecule has 0 saturated carbocycles. The Kier molecular flexibility index (Phi) is 6.10. The third kappa shape index (κ3) is 4.71. The fourth-order valence-corrected chi connectivity index (χ4v) is 1.79. The topological polar surface area (TPSA) is 107 Å². The first-order chi connectivity index (χ1) is 9.90. The van der Waals surface area contributed by atoms with Gasteiger partial charge in [-0.25, -0.2) is 0 Å². The molecule has 0 aromatic heterocycles. The number of nitrogens with one attached hydrogen (secondary N) is 1. The third-order valence-electron chi connectivity index (χ3n) is 3.23. The minimum Gasteiger partial charge on any atom is -0.487 e. The molecule has 7 nitrogen and oxygen atoms in total. The second-order valence-electron chi connectivity index (χ2n) is 4.95. The van der Waals surface area contributed by atoms with Gasteiger partial charge in [0.15, 0.2) is 5.75 Å². The van der Waals surface area contributed by atoms with E-state index < -0.39 is 16.4 Å². The minimum atomic E-state index is -0.889. The van der Waals surface area contributed by atoms with E-state index in [1.165, 1.54) is 12.1 Å². The molecule has 0 radical (unpaired) electrons. The van der Waals surface area contributed by atoms with E-state index in [0.29, 0.717) is 13.0 Å². The monoisotopic (exact) mass is 295 g/mol. The first-order valence-electron chi connectivity index (χ1n) is 6.82. The van der Waals surface area contributed by atoms with Gasteiger partial charge in [-0.1, -0.05) is 19.1 Å². The quantitative estimate of drug-likeness (QED) is 0.531. The van der Waals surface area contributed by atoms with Crippen LogP contribution in [0.1, 0.15) is 26.7 Å². The summed E-state index contributed by atoms with van der Waals surface area (Å²) in [6, 6.07) is 6.13. The number of rotatable bonds is 9. The molecule has 1 aromatic carbocycles. The van der Waals surface area contributed by atoms with Gasteiger partial charge in [0.25, 0.3) is 0 Å². The van der Waals surface area contributed by atoms with E-state index >= 15 is 0 Å². The Morgan fingerprint density at radius 3 is 2.71 bits per heavy atom. The molecular formula is C14H21N3O4. The molecule has 21 heavy (non-hydrogen) atoms. The molecule has 3 N–H and O–H groups in total. The molecule has 116 valence electrons. The van der Waals surface area contributed by atoms with E-state index in [-0.39, 0.29) is 18.0 Å². The molecule has 0 spiro atoms. The Labute approximate surface area is 123 Å². The molecule has 7 heteroatoms. The highest BCUT2D eigenvalue weighted by molar-refractivity contribution is 5.84. The number of nitro groups is 1. The van der Waals surface area contributed by atoms with Crippen LogP contribution in [-0.4, -0.2) is 29.5 Å². The van der Waals surface area contributed by atoms with E-state index in [9.17, 15) is 14.9 Å². The molecule has 0 aliphatic carbocycles. The Morgan fingerprint density at radius 1 is 1.48 bits per heavy atom. The van der Waals surface area contributed by atoms with Crippen molar-refractivity contribution in [1.29, 1.82) is 0 Å². The van der Waals surface area contributed by atoms with Crippen molar-refractivity contribution in [3.8, 4) is 5.75 Å². The fourth-order valence-electron chi connectivity index (χ4n) is 1.79. The average molecular weight is 295 g/mol. The van der Waals surface area contributed by atoms with Crippen molar-refractivity contribution in [1.82, 2.24) is 5.32 Å². The molecular weight excluding hydrogens is 274 g/mol. The highest BCUT2D eigenvalue weighted by Gasteiger charge is 2.30. The van der Waals surface area contributed by atoms with E-state index in [4.69, 9.17) is 10.5 Å². The van der Waals surface area contributed by atoms with E-state index in [1.807, 2.05) is 6.92 Å². The average Bonchev–Trinajstić information content (AvgIpc) is 2.45. The maximum atomic E-state index is 11.5. The summed E-state index contributed by atoms with van der Waals surface area (Å²) < 4.78 is 5.43. The van der Waals surface area contributed by atoms with Gasteiger partial charge in [0.1, 0.15) is 0 Å². The van der Waals surface area contributed by atoms with Crippen molar-refractivity contribution in [3.63, 3.8) is 0 Å². The molecule has 0 heterocycles. The zero-order valence-electron chi connectivity index (χ0n) is 12.3. The molecule has 0 fully saturated rings. The van der Waals surface area contributed by atoms with Crippen LogP contribution in [0.15, 0.2) is 24.3 Å². The SMILES string of the molecule is CCCNC(C)(CCOc1ccccc1[N+](=O)[O-])C(N)=O. The molecule has 0 bridgehead atoms. The predicted octanol–water partition coefficient (Wildman–Crippen LogP) is 1.61. The summed E-state index contributed by atoms with van der Waals surface area (Å²) in [5.41, 5.74) is 4.42. The predicted molar refractivity (Wildman–Crippen MR) is 79.1 cm³/mol. The van der Waals surface area contributed by atoms with Crippen LogP contribution in [0.3, 0.4) is 0 Å². The largest absolute Gasteiger partial charge is 0.487 e. The maximum Gasteiger partial charge on any atom is 0.310 e. The van der Waals surface area contributed by atoms with Gasteiger partial charge in [-0.05, 0) is 26.0 Å². The van der Waals surface area contributed by atoms with Crippen LogP contribution in [0.5, 0.6) is 5.75 Å². The summed E-state index contributed by atoms with van der Waals surface area (Å²) >= 11 is 0. The normalized spacial score (nSPS) is 13.4. The van der Waals surface area contributed by atoms with Crippen LogP contribution < -0.4 is 15.8 Å². The second-order valence-corrected chi connectivity index (χ2v) is 4.95. The number of carbonyl (C=O) groups excluding carboxylic acids is 1. The zero-order chi connectivity index (χ0) is 15.9. The Morgan fingerprint density at radius 2 is 2.14 bits per heavy atom. The number of nitro benzene ring substituents is 1. The molecule has 0 saturated heterocycles. The van der Waals surface area contributed by atoms with Gasteiger partial charge in [-0.15, -0.1) is 0 Å². The van der Waals surface area contributed by atoms with Gasteiger partial charge in [-0.2, -0.15) is 0 Å². The first kappa shape index (κ1) is 16.9. The number of nitrogens with zero attached hydrogens (tertiary/aromatic N) is 1. The van der Waals surface area contributed by atoms with Crippen molar-refractivity contribution in [2.24, 2.45) is 5.73 Å². The number of primary amides is 1. The molecule has 1 aromatic rings. The van der Waals surface area contributed by atoms with Gasteiger partial charge >= 0.3 is 5.69 Å². The van der Waals surface area contributed by atoms with Crippen LogP contribution in [0, 0.1) is 10.1 Å². The summed E-state index contributed by atoms with van der Waals surface area (Å²) in [6.45, 7) is 4.50. The Bertz CT molecular complexity index is 507. The van der Waals surface area contributed by atoms with E-state index in [2.05, 4.69) is 5.32 Å². The maximum absolute atomic E-state index is 11.5. The van der Waals surface area contributed by atoms with Gasteiger partial charge in [0.2, 0.25) is 5.91 Å². The molecule has 1 atom stereocenters. The summed E-state index contributed by atoms with van der Waals surface area (Å²) in [6.07, 6.45) is 1.20. The minimum absolute atomic E-state index is 0.0974. The third-order valence-corrected chi connectivity index (χ3v) is 3.23. The van der Waals surface area contributed by atoms with Crippen LogP contribution in [0.2, 0.25) is 0 Å². The van der Waals surface area contributed by atoms with Gasteiger partial charge < -0.3 is 15.8 Å².